The Bertz CT molecular complexity index is 688. The summed E-state index contributed by atoms with van der Waals surface area (Å²) in [7, 11) is 0. The number of rotatable bonds is 6. The van der Waals surface area contributed by atoms with Gasteiger partial charge in [-0.05, 0) is 37.3 Å². The van der Waals surface area contributed by atoms with Gasteiger partial charge in [-0.3, -0.25) is 24.3 Å². The highest BCUT2D eigenvalue weighted by Crippen LogP contribution is 2.37. The molecule has 1 saturated heterocycles. The third-order valence-corrected chi connectivity index (χ3v) is 5.02. The Morgan fingerprint density at radius 3 is 2.38 bits per heavy atom. The summed E-state index contributed by atoms with van der Waals surface area (Å²) in [6, 6.07) is 4.73. The second-order valence-corrected chi connectivity index (χ2v) is 7.39. The number of nitrogens with one attached hydrogen (secondary N) is 1. The van der Waals surface area contributed by atoms with Gasteiger partial charge in [-0.1, -0.05) is 32.1 Å². The smallest absolute Gasteiger partial charge is 0.243 e. The van der Waals surface area contributed by atoms with E-state index in [1.807, 2.05) is 44.2 Å². The standard InChI is InChI=1S/C20H25N3O3/c1-13(2)11-17(18(24)22-12-14-7-5-6-10-21-14)23-19(25)15-8-3-4-9-16(15)20(23)26/h3-7,10,13,15-17H,8-9,11-12H2,1-2H3,(H,22,24). The molecule has 3 amide bonds. The number of nitrogens with zero attached hydrogens (tertiary/aromatic N) is 2. The molecule has 0 bridgehead atoms. The maximum atomic E-state index is 12.8. The second kappa shape index (κ2) is 7.81. The lowest BCUT2D eigenvalue weighted by Gasteiger charge is -2.27. The number of imide groups is 1. The first-order valence-electron chi connectivity index (χ1n) is 9.18. The number of aromatic nitrogens is 1. The molecule has 0 aromatic carbocycles. The number of likely N-dealkylation sites (tertiary alicyclic amines) is 1. The molecular formula is C20H25N3O3. The molecule has 0 spiro atoms. The van der Waals surface area contributed by atoms with Crippen molar-refractivity contribution in [2.45, 2.75) is 45.7 Å². The van der Waals surface area contributed by atoms with Gasteiger partial charge >= 0.3 is 0 Å². The van der Waals surface area contributed by atoms with Gasteiger partial charge in [0.15, 0.2) is 0 Å². The van der Waals surface area contributed by atoms with Gasteiger partial charge in [0.25, 0.3) is 0 Å². The van der Waals surface area contributed by atoms with Gasteiger partial charge in [-0.25, -0.2) is 0 Å². The lowest BCUT2D eigenvalue weighted by atomic mass is 9.85. The quantitative estimate of drug-likeness (QED) is 0.626. The summed E-state index contributed by atoms with van der Waals surface area (Å²) in [5, 5.41) is 2.84. The maximum Gasteiger partial charge on any atom is 0.243 e. The van der Waals surface area contributed by atoms with Gasteiger partial charge in [0.2, 0.25) is 17.7 Å². The molecule has 2 aliphatic rings. The van der Waals surface area contributed by atoms with Crippen molar-refractivity contribution in [2.24, 2.45) is 17.8 Å². The van der Waals surface area contributed by atoms with E-state index in [-0.39, 0.29) is 42.0 Å². The molecule has 0 saturated carbocycles. The Hall–Kier alpha value is -2.50. The van der Waals surface area contributed by atoms with Crippen molar-refractivity contribution in [1.29, 1.82) is 0 Å². The molecule has 1 aliphatic carbocycles. The summed E-state index contributed by atoms with van der Waals surface area (Å²) in [5.74, 6) is -1.15. The van der Waals surface area contributed by atoms with Crippen LogP contribution in [0, 0.1) is 17.8 Å². The molecule has 1 fully saturated rings. The molecule has 138 valence electrons. The van der Waals surface area contributed by atoms with Crippen molar-refractivity contribution in [1.82, 2.24) is 15.2 Å². The first-order valence-corrected chi connectivity index (χ1v) is 9.18. The van der Waals surface area contributed by atoms with E-state index >= 15 is 0 Å². The highest BCUT2D eigenvalue weighted by molar-refractivity contribution is 6.08. The summed E-state index contributed by atoms with van der Waals surface area (Å²) in [6.45, 7) is 4.25. The Kier molecular flexibility index (Phi) is 5.49. The van der Waals surface area contributed by atoms with E-state index < -0.39 is 6.04 Å². The molecule has 3 rings (SSSR count). The zero-order chi connectivity index (χ0) is 18.7. The zero-order valence-corrected chi connectivity index (χ0v) is 15.2. The third-order valence-electron chi connectivity index (χ3n) is 5.02. The van der Waals surface area contributed by atoms with Crippen LogP contribution in [0.5, 0.6) is 0 Å². The van der Waals surface area contributed by atoms with Crippen LogP contribution in [0.2, 0.25) is 0 Å². The fourth-order valence-corrected chi connectivity index (χ4v) is 3.71. The number of amides is 3. The average molecular weight is 355 g/mol. The summed E-state index contributed by atoms with van der Waals surface area (Å²) in [4.78, 5) is 43.9. The van der Waals surface area contributed by atoms with Gasteiger partial charge in [-0.2, -0.15) is 0 Å². The van der Waals surface area contributed by atoms with Crippen LogP contribution >= 0.6 is 0 Å². The molecule has 26 heavy (non-hydrogen) atoms. The zero-order valence-electron chi connectivity index (χ0n) is 15.2. The average Bonchev–Trinajstić information content (AvgIpc) is 2.90. The van der Waals surface area contributed by atoms with Crippen LogP contribution in [0.4, 0.5) is 0 Å². The molecule has 1 aromatic heterocycles. The SMILES string of the molecule is CC(C)CC(C(=O)NCc1ccccn1)N1C(=O)C2CC=CCC2C1=O. The molecule has 6 nitrogen and oxygen atoms in total. The van der Waals surface area contributed by atoms with Crippen molar-refractivity contribution in [3.8, 4) is 0 Å². The van der Waals surface area contributed by atoms with Crippen molar-refractivity contribution < 1.29 is 14.4 Å². The normalized spacial score (nSPS) is 23.3. The van der Waals surface area contributed by atoms with Crippen LogP contribution in [-0.2, 0) is 20.9 Å². The Labute approximate surface area is 153 Å². The molecule has 3 unspecified atom stereocenters. The first kappa shape index (κ1) is 18.3. The van der Waals surface area contributed by atoms with E-state index in [0.29, 0.717) is 19.3 Å². The van der Waals surface area contributed by atoms with Crippen LogP contribution in [0.15, 0.2) is 36.5 Å². The molecule has 3 atom stereocenters. The monoisotopic (exact) mass is 355 g/mol. The van der Waals surface area contributed by atoms with Gasteiger partial charge in [0.05, 0.1) is 24.1 Å². The van der Waals surface area contributed by atoms with Crippen LogP contribution in [0.3, 0.4) is 0 Å². The molecule has 2 heterocycles. The van der Waals surface area contributed by atoms with Gasteiger partial charge in [0.1, 0.15) is 6.04 Å². The van der Waals surface area contributed by atoms with E-state index in [2.05, 4.69) is 10.3 Å². The summed E-state index contributed by atoms with van der Waals surface area (Å²) < 4.78 is 0. The highest BCUT2D eigenvalue weighted by Gasteiger charge is 2.51. The summed E-state index contributed by atoms with van der Waals surface area (Å²) >= 11 is 0. The van der Waals surface area contributed by atoms with Gasteiger partial charge < -0.3 is 5.32 Å². The maximum absolute atomic E-state index is 12.8. The number of carbonyl (C=O) groups is 3. The number of allylic oxidation sites excluding steroid dienone is 2. The van der Waals surface area contributed by atoms with Crippen molar-refractivity contribution >= 4 is 17.7 Å². The van der Waals surface area contributed by atoms with Crippen molar-refractivity contribution in [3.63, 3.8) is 0 Å². The number of hydrogen-bond donors (Lipinski definition) is 1. The first-order chi connectivity index (χ1) is 12.5. The third kappa shape index (κ3) is 3.69. The molecular weight excluding hydrogens is 330 g/mol. The fourth-order valence-electron chi connectivity index (χ4n) is 3.71. The van der Waals surface area contributed by atoms with Gasteiger partial charge in [0, 0.05) is 6.20 Å². The Balaban J connectivity index is 1.76. The predicted molar refractivity (Wildman–Crippen MR) is 96.5 cm³/mol. The lowest BCUT2D eigenvalue weighted by molar-refractivity contribution is -0.148. The predicted octanol–water partition coefficient (Wildman–Crippen LogP) is 2.06. The van der Waals surface area contributed by atoms with Crippen molar-refractivity contribution in [3.05, 3.63) is 42.2 Å². The molecule has 0 radical (unpaired) electrons. The summed E-state index contributed by atoms with van der Waals surface area (Å²) in [6.07, 6.45) is 7.19. The second-order valence-electron chi connectivity index (χ2n) is 7.39. The van der Waals surface area contributed by atoms with Crippen molar-refractivity contribution in [2.75, 3.05) is 0 Å². The Morgan fingerprint density at radius 1 is 1.19 bits per heavy atom. The fraction of sp³-hybridized carbons (Fsp3) is 0.500. The van der Waals surface area contributed by atoms with Crippen LogP contribution in [0.1, 0.15) is 38.8 Å². The minimum absolute atomic E-state index is 0.182. The lowest BCUT2D eigenvalue weighted by Crippen LogP contribution is -2.50. The molecule has 1 aliphatic heterocycles. The van der Waals surface area contributed by atoms with E-state index in [1.54, 1.807) is 6.20 Å². The van der Waals surface area contributed by atoms with Crippen LogP contribution in [0.25, 0.3) is 0 Å². The summed E-state index contributed by atoms with van der Waals surface area (Å²) in [5.41, 5.74) is 0.737. The van der Waals surface area contributed by atoms with E-state index in [0.717, 1.165) is 5.69 Å². The number of fused-ring (bicyclic) bond motifs is 1. The topological polar surface area (TPSA) is 79.4 Å². The van der Waals surface area contributed by atoms with E-state index in [1.165, 1.54) is 4.90 Å². The van der Waals surface area contributed by atoms with Crippen LogP contribution < -0.4 is 5.32 Å². The molecule has 6 heteroatoms. The minimum Gasteiger partial charge on any atom is -0.349 e. The number of hydrogen-bond acceptors (Lipinski definition) is 4. The van der Waals surface area contributed by atoms with Crippen LogP contribution in [-0.4, -0.2) is 33.6 Å². The van der Waals surface area contributed by atoms with Gasteiger partial charge in [-0.15, -0.1) is 0 Å². The van der Waals surface area contributed by atoms with E-state index in [9.17, 15) is 14.4 Å². The largest absolute Gasteiger partial charge is 0.349 e. The highest BCUT2D eigenvalue weighted by atomic mass is 16.2. The molecule has 1 aromatic rings. The number of pyridine rings is 1. The minimum atomic E-state index is -0.760. The number of carbonyl (C=O) groups excluding carboxylic acids is 3. The molecule has 1 N–H and O–H groups in total. The Morgan fingerprint density at radius 2 is 1.85 bits per heavy atom. The van der Waals surface area contributed by atoms with E-state index in [4.69, 9.17) is 0 Å².